The molecule has 104 valence electrons. The van der Waals surface area contributed by atoms with Gasteiger partial charge in [-0.3, -0.25) is 14.4 Å². The molecule has 0 atom stereocenters. The number of hydrogen-bond acceptors (Lipinski definition) is 6. The van der Waals surface area contributed by atoms with Crippen molar-refractivity contribution in [3.05, 3.63) is 27.9 Å². The van der Waals surface area contributed by atoms with Gasteiger partial charge in [-0.25, -0.2) is 4.98 Å². The fourth-order valence-electron chi connectivity index (χ4n) is 1.28. The summed E-state index contributed by atoms with van der Waals surface area (Å²) in [7, 11) is 0. The third-order valence-corrected chi connectivity index (χ3v) is 2.57. The Bertz CT molecular complexity index is 515. The molecule has 1 amide bonds. The SMILES string of the molecule is CCOC(=O)CNC(=O)c1cc(=O)[nH]c(CSC)n1. The molecule has 0 saturated heterocycles. The minimum absolute atomic E-state index is 0.0166. The van der Waals surface area contributed by atoms with Crippen molar-refractivity contribution >= 4 is 23.6 Å². The van der Waals surface area contributed by atoms with E-state index in [1.807, 2.05) is 6.26 Å². The van der Waals surface area contributed by atoms with Crippen LogP contribution in [0.25, 0.3) is 0 Å². The van der Waals surface area contributed by atoms with Crippen LogP contribution in [-0.2, 0) is 15.3 Å². The van der Waals surface area contributed by atoms with Gasteiger partial charge in [0.05, 0.1) is 12.4 Å². The van der Waals surface area contributed by atoms with E-state index in [9.17, 15) is 14.4 Å². The summed E-state index contributed by atoms with van der Waals surface area (Å²) in [4.78, 5) is 40.7. The first-order valence-electron chi connectivity index (χ1n) is 5.59. The number of aromatic amines is 1. The smallest absolute Gasteiger partial charge is 0.325 e. The van der Waals surface area contributed by atoms with Crippen molar-refractivity contribution in [2.24, 2.45) is 0 Å². The van der Waals surface area contributed by atoms with Gasteiger partial charge in [-0.2, -0.15) is 11.8 Å². The van der Waals surface area contributed by atoms with Crippen LogP contribution in [-0.4, -0.2) is 41.3 Å². The molecule has 2 N–H and O–H groups in total. The molecule has 0 aliphatic carbocycles. The second-order valence-corrected chi connectivity index (χ2v) is 4.36. The van der Waals surface area contributed by atoms with Crippen LogP contribution in [0.1, 0.15) is 23.2 Å². The number of carbonyl (C=O) groups excluding carboxylic acids is 2. The van der Waals surface area contributed by atoms with Gasteiger partial charge in [0.2, 0.25) is 0 Å². The van der Waals surface area contributed by atoms with Crippen molar-refractivity contribution in [2.75, 3.05) is 19.4 Å². The molecule has 1 rings (SSSR count). The Hall–Kier alpha value is -1.83. The van der Waals surface area contributed by atoms with Crippen LogP contribution in [0.15, 0.2) is 10.9 Å². The van der Waals surface area contributed by atoms with E-state index in [1.54, 1.807) is 6.92 Å². The minimum Gasteiger partial charge on any atom is -0.465 e. The van der Waals surface area contributed by atoms with Crippen LogP contribution in [0.4, 0.5) is 0 Å². The Morgan fingerprint density at radius 1 is 1.53 bits per heavy atom. The highest BCUT2D eigenvalue weighted by atomic mass is 32.2. The lowest BCUT2D eigenvalue weighted by atomic mass is 10.3. The summed E-state index contributed by atoms with van der Waals surface area (Å²) in [6.07, 6.45) is 1.85. The summed E-state index contributed by atoms with van der Waals surface area (Å²) >= 11 is 1.47. The lowest BCUT2D eigenvalue weighted by molar-refractivity contribution is -0.141. The second kappa shape index (κ2) is 7.57. The second-order valence-electron chi connectivity index (χ2n) is 3.50. The number of H-pyrrole nitrogens is 1. The van der Waals surface area contributed by atoms with E-state index < -0.39 is 17.4 Å². The Morgan fingerprint density at radius 2 is 2.26 bits per heavy atom. The van der Waals surface area contributed by atoms with Crippen molar-refractivity contribution in [3.63, 3.8) is 0 Å². The number of amides is 1. The number of nitrogens with one attached hydrogen (secondary N) is 2. The van der Waals surface area contributed by atoms with Crippen molar-refractivity contribution < 1.29 is 14.3 Å². The molecule has 0 bridgehead atoms. The van der Waals surface area contributed by atoms with E-state index in [0.717, 1.165) is 6.07 Å². The van der Waals surface area contributed by atoms with Crippen LogP contribution < -0.4 is 10.9 Å². The molecule has 7 nitrogen and oxygen atoms in total. The van der Waals surface area contributed by atoms with Gasteiger partial charge in [-0.15, -0.1) is 0 Å². The summed E-state index contributed by atoms with van der Waals surface area (Å²) in [6.45, 7) is 1.67. The summed E-state index contributed by atoms with van der Waals surface area (Å²) in [5, 5.41) is 2.34. The van der Waals surface area contributed by atoms with Crippen LogP contribution in [0.3, 0.4) is 0 Å². The topological polar surface area (TPSA) is 101 Å². The van der Waals surface area contributed by atoms with Gasteiger partial charge in [-0.05, 0) is 13.2 Å². The highest BCUT2D eigenvalue weighted by Gasteiger charge is 2.11. The van der Waals surface area contributed by atoms with Gasteiger partial charge in [0, 0.05) is 6.07 Å². The van der Waals surface area contributed by atoms with Gasteiger partial charge in [0.1, 0.15) is 18.1 Å². The number of hydrogen-bond donors (Lipinski definition) is 2. The first-order chi connectivity index (χ1) is 9.06. The molecule has 0 radical (unpaired) electrons. The first-order valence-corrected chi connectivity index (χ1v) is 6.99. The van der Waals surface area contributed by atoms with Gasteiger partial charge in [0.15, 0.2) is 0 Å². The van der Waals surface area contributed by atoms with E-state index in [2.05, 4.69) is 20.0 Å². The van der Waals surface area contributed by atoms with Crippen molar-refractivity contribution in [3.8, 4) is 0 Å². The predicted octanol–water partition coefficient (Wildman–Crippen LogP) is -0.0742. The van der Waals surface area contributed by atoms with E-state index in [-0.39, 0.29) is 18.8 Å². The normalized spacial score (nSPS) is 10.0. The van der Waals surface area contributed by atoms with E-state index >= 15 is 0 Å². The number of nitrogens with zero attached hydrogens (tertiary/aromatic N) is 1. The zero-order valence-electron chi connectivity index (χ0n) is 10.7. The van der Waals surface area contributed by atoms with Crippen LogP contribution >= 0.6 is 11.8 Å². The zero-order valence-corrected chi connectivity index (χ0v) is 11.5. The van der Waals surface area contributed by atoms with Crippen molar-refractivity contribution in [1.29, 1.82) is 0 Å². The summed E-state index contributed by atoms with van der Waals surface area (Å²) < 4.78 is 4.67. The maximum Gasteiger partial charge on any atom is 0.325 e. The molecule has 1 heterocycles. The lowest BCUT2D eigenvalue weighted by Gasteiger charge is -2.05. The number of rotatable bonds is 6. The van der Waals surface area contributed by atoms with Gasteiger partial charge >= 0.3 is 5.97 Å². The molecular weight excluding hydrogens is 270 g/mol. The fraction of sp³-hybridized carbons (Fsp3) is 0.455. The first kappa shape index (κ1) is 15.2. The Labute approximate surface area is 114 Å². The average Bonchev–Trinajstić information content (AvgIpc) is 2.36. The van der Waals surface area contributed by atoms with Crippen molar-refractivity contribution in [2.45, 2.75) is 12.7 Å². The lowest BCUT2D eigenvalue weighted by Crippen LogP contribution is -2.32. The molecule has 0 aliphatic heterocycles. The minimum atomic E-state index is -0.582. The summed E-state index contributed by atoms with van der Waals surface area (Å²) in [5.74, 6) is -0.207. The van der Waals surface area contributed by atoms with E-state index in [4.69, 9.17) is 0 Å². The number of aromatic nitrogens is 2. The number of ether oxygens (including phenoxy) is 1. The summed E-state index contributed by atoms with van der Waals surface area (Å²) in [6, 6.07) is 1.09. The monoisotopic (exact) mass is 285 g/mol. The number of carbonyl (C=O) groups is 2. The third-order valence-electron chi connectivity index (χ3n) is 2.00. The van der Waals surface area contributed by atoms with Crippen LogP contribution in [0, 0.1) is 0 Å². The molecule has 0 unspecified atom stereocenters. The Balaban J connectivity index is 2.71. The molecule has 0 spiro atoms. The van der Waals surface area contributed by atoms with Crippen LogP contribution in [0.2, 0.25) is 0 Å². The average molecular weight is 285 g/mol. The van der Waals surface area contributed by atoms with Crippen LogP contribution in [0.5, 0.6) is 0 Å². The molecule has 0 fully saturated rings. The molecule has 0 aromatic carbocycles. The Morgan fingerprint density at radius 3 is 2.89 bits per heavy atom. The standard InChI is InChI=1S/C11H15N3O4S/c1-3-18-10(16)5-12-11(17)7-4-9(15)14-8(13-7)6-19-2/h4H,3,5-6H2,1-2H3,(H,12,17)(H,13,14,15). The van der Waals surface area contributed by atoms with Gasteiger partial charge in [-0.1, -0.05) is 0 Å². The maximum atomic E-state index is 11.7. The number of thioether (sulfide) groups is 1. The molecule has 0 saturated carbocycles. The molecule has 19 heavy (non-hydrogen) atoms. The molecule has 8 heteroatoms. The third kappa shape index (κ3) is 5.12. The highest BCUT2D eigenvalue weighted by Crippen LogP contribution is 2.02. The molecule has 0 aliphatic rings. The number of esters is 1. The zero-order chi connectivity index (χ0) is 14.3. The highest BCUT2D eigenvalue weighted by molar-refractivity contribution is 7.97. The van der Waals surface area contributed by atoms with Crippen molar-refractivity contribution in [1.82, 2.24) is 15.3 Å². The quantitative estimate of drug-likeness (QED) is 0.709. The molecule has 1 aromatic rings. The van der Waals surface area contributed by atoms with E-state index in [1.165, 1.54) is 11.8 Å². The molecular formula is C11H15N3O4S. The predicted molar refractivity (Wildman–Crippen MR) is 71.0 cm³/mol. The largest absolute Gasteiger partial charge is 0.465 e. The molecule has 1 aromatic heterocycles. The fourth-order valence-corrected chi connectivity index (χ4v) is 1.69. The maximum absolute atomic E-state index is 11.7. The van der Waals surface area contributed by atoms with Gasteiger partial charge < -0.3 is 15.0 Å². The summed E-state index contributed by atoms with van der Waals surface area (Å²) in [5.41, 5.74) is -0.419. The van der Waals surface area contributed by atoms with E-state index in [0.29, 0.717) is 11.6 Å². The Kier molecular flexibility index (Phi) is 6.07. The van der Waals surface area contributed by atoms with Gasteiger partial charge in [0.25, 0.3) is 11.5 Å².